The van der Waals surface area contributed by atoms with Crippen LogP contribution < -0.4 is 5.01 Å². The lowest BCUT2D eigenvalue weighted by atomic mass is 9.89. The Balaban J connectivity index is 1.72. The van der Waals surface area contributed by atoms with Gasteiger partial charge >= 0.3 is 0 Å². The first-order valence-electron chi connectivity index (χ1n) is 8.25. The van der Waals surface area contributed by atoms with Gasteiger partial charge in [0.05, 0.1) is 14.1 Å². The Morgan fingerprint density at radius 3 is 2.39 bits per heavy atom. The van der Waals surface area contributed by atoms with Crippen LogP contribution in [0.3, 0.4) is 0 Å². The van der Waals surface area contributed by atoms with E-state index in [4.69, 9.17) is 11.6 Å². The predicted octanol–water partition coefficient (Wildman–Crippen LogP) is 4.42. The van der Waals surface area contributed by atoms with Gasteiger partial charge in [-0.05, 0) is 42.2 Å². The number of likely N-dealkylation sites (tertiary alicyclic amines) is 1. The molecule has 3 nitrogen and oxygen atoms in total. The van der Waals surface area contributed by atoms with Crippen LogP contribution in [0.4, 0.5) is 5.82 Å². The average molecular weight is 331 g/mol. The van der Waals surface area contributed by atoms with Crippen molar-refractivity contribution in [1.29, 1.82) is 0 Å². The molecule has 23 heavy (non-hydrogen) atoms. The highest BCUT2D eigenvalue weighted by Crippen LogP contribution is 2.33. The second-order valence-corrected chi connectivity index (χ2v) is 7.22. The van der Waals surface area contributed by atoms with Crippen molar-refractivity contribution >= 4 is 17.4 Å². The lowest BCUT2D eigenvalue weighted by Crippen LogP contribution is -2.59. The molecule has 0 N–H and O–H groups in total. The summed E-state index contributed by atoms with van der Waals surface area (Å²) < 4.78 is 0.919. The molecule has 0 bridgehead atoms. The maximum atomic E-state index is 6.00. The molecule has 0 radical (unpaired) electrons. The topological polar surface area (TPSA) is 16.1 Å². The Labute approximate surface area is 144 Å². The van der Waals surface area contributed by atoms with Crippen molar-refractivity contribution in [3.63, 3.8) is 0 Å². The fraction of sp³-hybridized carbons (Fsp3) is 0.421. The molecule has 3 rings (SSSR count). The fourth-order valence-corrected chi connectivity index (χ4v) is 3.66. The standard InChI is InChI=1S/C19H25ClN3/c1-15-5-4-12-21-19(15)22(2)23(3)13-10-17(11-14-23)16-6-8-18(20)9-7-16/h4-9,12,17H,10-11,13-14H2,1-3H3/q+1. The van der Waals surface area contributed by atoms with Gasteiger partial charge in [0.1, 0.15) is 13.1 Å². The highest BCUT2D eigenvalue weighted by atomic mass is 35.5. The highest BCUT2D eigenvalue weighted by molar-refractivity contribution is 6.30. The zero-order valence-corrected chi connectivity index (χ0v) is 14.9. The van der Waals surface area contributed by atoms with Gasteiger partial charge in [-0.2, -0.15) is 0 Å². The Bertz CT molecular complexity index is 661. The summed E-state index contributed by atoms with van der Waals surface area (Å²) in [6.07, 6.45) is 4.26. The predicted molar refractivity (Wildman–Crippen MR) is 96.7 cm³/mol. The summed E-state index contributed by atoms with van der Waals surface area (Å²) in [5, 5.41) is 3.14. The Morgan fingerprint density at radius 1 is 1.13 bits per heavy atom. The summed E-state index contributed by atoms with van der Waals surface area (Å²) in [7, 11) is 4.48. The molecule has 1 aromatic carbocycles. The van der Waals surface area contributed by atoms with Crippen LogP contribution in [0.15, 0.2) is 42.6 Å². The first-order chi connectivity index (χ1) is 11.0. The third-order valence-corrected chi connectivity index (χ3v) is 5.52. The summed E-state index contributed by atoms with van der Waals surface area (Å²) in [5.41, 5.74) is 2.64. The van der Waals surface area contributed by atoms with E-state index in [0.29, 0.717) is 5.92 Å². The Morgan fingerprint density at radius 2 is 1.78 bits per heavy atom. The normalized spacial score (nSPS) is 24.4. The van der Waals surface area contributed by atoms with Crippen molar-refractivity contribution < 1.29 is 4.59 Å². The maximum Gasteiger partial charge on any atom is 0.179 e. The van der Waals surface area contributed by atoms with E-state index in [1.807, 2.05) is 24.4 Å². The maximum absolute atomic E-state index is 6.00. The van der Waals surface area contributed by atoms with E-state index in [0.717, 1.165) is 28.5 Å². The van der Waals surface area contributed by atoms with Crippen molar-refractivity contribution in [2.24, 2.45) is 0 Å². The Hall–Kier alpha value is -1.58. The summed E-state index contributed by atoms with van der Waals surface area (Å²) in [6.45, 7) is 4.38. The van der Waals surface area contributed by atoms with Gasteiger partial charge in [-0.3, -0.25) is 0 Å². The number of aromatic nitrogens is 1. The molecule has 1 aromatic heterocycles. The minimum Gasteiger partial charge on any atom is -0.235 e. The second kappa shape index (κ2) is 6.50. The van der Waals surface area contributed by atoms with Crippen LogP contribution in [0.5, 0.6) is 0 Å². The molecule has 0 saturated carbocycles. The number of quaternary nitrogens is 1. The van der Waals surface area contributed by atoms with Crippen LogP contribution in [0.25, 0.3) is 0 Å². The molecular weight excluding hydrogens is 306 g/mol. The van der Waals surface area contributed by atoms with Crippen LogP contribution in [-0.2, 0) is 0 Å². The van der Waals surface area contributed by atoms with Crippen LogP contribution in [-0.4, -0.2) is 36.8 Å². The largest absolute Gasteiger partial charge is 0.235 e. The van der Waals surface area contributed by atoms with Gasteiger partial charge in [-0.15, -0.1) is 0 Å². The third kappa shape index (κ3) is 3.36. The summed E-state index contributed by atoms with van der Waals surface area (Å²) in [4.78, 5) is 4.58. The van der Waals surface area contributed by atoms with Crippen LogP contribution in [0.2, 0.25) is 5.02 Å². The number of rotatable bonds is 3. The lowest BCUT2D eigenvalue weighted by molar-refractivity contribution is -0.921. The van der Waals surface area contributed by atoms with Crippen molar-refractivity contribution in [2.75, 3.05) is 32.2 Å². The van der Waals surface area contributed by atoms with E-state index in [9.17, 15) is 0 Å². The first kappa shape index (κ1) is 16.3. The second-order valence-electron chi connectivity index (χ2n) is 6.78. The van der Waals surface area contributed by atoms with E-state index >= 15 is 0 Å². The van der Waals surface area contributed by atoms with Crippen molar-refractivity contribution in [3.05, 3.63) is 58.7 Å². The van der Waals surface area contributed by atoms with Crippen molar-refractivity contribution in [3.8, 4) is 0 Å². The number of hydrogen-bond acceptors (Lipinski definition) is 2. The number of benzene rings is 1. The highest BCUT2D eigenvalue weighted by Gasteiger charge is 2.35. The minimum absolute atomic E-state index is 0.636. The zero-order valence-electron chi connectivity index (χ0n) is 14.2. The first-order valence-corrected chi connectivity index (χ1v) is 8.63. The molecule has 1 fully saturated rings. The van der Waals surface area contributed by atoms with E-state index in [1.54, 1.807) is 0 Å². The lowest BCUT2D eigenvalue weighted by Gasteiger charge is -2.46. The van der Waals surface area contributed by atoms with Gasteiger partial charge in [0, 0.05) is 24.1 Å². The number of piperidine rings is 1. The summed E-state index contributed by atoms with van der Waals surface area (Å²) >= 11 is 6.00. The number of aryl methyl sites for hydroxylation is 1. The van der Waals surface area contributed by atoms with Crippen LogP contribution in [0.1, 0.15) is 29.9 Å². The third-order valence-electron chi connectivity index (χ3n) is 5.27. The van der Waals surface area contributed by atoms with Gasteiger partial charge in [0.15, 0.2) is 5.82 Å². The molecule has 0 spiro atoms. The molecule has 1 aliphatic rings. The molecule has 2 aromatic rings. The SMILES string of the molecule is Cc1cccnc1N(C)[N+]1(C)CCC(c2ccc(Cl)cc2)CC1. The van der Waals surface area contributed by atoms with Gasteiger partial charge in [-0.1, -0.05) is 29.8 Å². The molecule has 122 valence electrons. The number of anilines is 1. The monoisotopic (exact) mass is 330 g/mol. The molecular formula is C19H25ClN3+. The van der Waals surface area contributed by atoms with Gasteiger partial charge in [-0.25, -0.2) is 14.6 Å². The van der Waals surface area contributed by atoms with E-state index < -0.39 is 0 Å². The molecule has 2 heterocycles. The molecule has 0 unspecified atom stereocenters. The molecule has 0 amide bonds. The number of nitrogens with zero attached hydrogens (tertiary/aromatic N) is 3. The molecule has 0 aliphatic carbocycles. The average Bonchev–Trinajstić information content (AvgIpc) is 2.56. The number of hydrogen-bond donors (Lipinski definition) is 0. The van der Waals surface area contributed by atoms with Gasteiger partial charge in [0.2, 0.25) is 0 Å². The van der Waals surface area contributed by atoms with Gasteiger partial charge < -0.3 is 0 Å². The molecule has 4 heteroatoms. The smallest absolute Gasteiger partial charge is 0.179 e. The van der Waals surface area contributed by atoms with Gasteiger partial charge in [0.25, 0.3) is 0 Å². The number of pyridine rings is 1. The van der Waals surface area contributed by atoms with Crippen LogP contribution >= 0.6 is 11.6 Å². The quantitative estimate of drug-likeness (QED) is 0.774. The van der Waals surface area contributed by atoms with E-state index in [1.165, 1.54) is 24.0 Å². The Kier molecular flexibility index (Phi) is 4.60. The zero-order chi connectivity index (χ0) is 16.4. The molecule has 0 atom stereocenters. The van der Waals surface area contributed by atoms with E-state index in [-0.39, 0.29) is 0 Å². The van der Waals surface area contributed by atoms with E-state index in [2.05, 4.69) is 49.2 Å². The van der Waals surface area contributed by atoms with Crippen molar-refractivity contribution in [1.82, 2.24) is 4.98 Å². The molecule has 1 saturated heterocycles. The summed E-state index contributed by atoms with van der Waals surface area (Å²) in [5.74, 6) is 1.72. The van der Waals surface area contributed by atoms with Crippen molar-refractivity contribution in [2.45, 2.75) is 25.7 Å². The minimum atomic E-state index is 0.636. The molecule has 1 aliphatic heterocycles. The summed E-state index contributed by atoms with van der Waals surface area (Å²) in [6, 6.07) is 12.5. The van der Waals surface area contributed by atoms with Crippen LogP contribution in [0, 0.1) is 6.92 Å². The number of halogens is 1. The fourth-order valence-electron chi connectivity index (χ4n) is 3.54.